The second-order valence-electron chi connectivity index (χ2n) is 4.10. The van der Waals surface area contributed by atoms with Crippen LogP contribution in [-0.4, -0.2) is 24.3 Å². The van der Waals surface area contributed by atoms with E-state index in [1.165, 1.54) is 12.1 Å². The number of benzene rings is 1. The maximum absolute atomic E-state index is 12.6. The summed E-state index contributed by atoms with van der Waals surface area (Å²) in [6, 6.07) is 6.43. The number of hydrogen-bond acceptors (Lipinski definition) is 2. The fourth-order valence-electron chi connectivity index (χ4n) is 1.58. The average molecular weight is 254 g/mol. The van der Waals surface area contributed by atoms with Gasteiger partial charge in [-0.1, -0.05) is 18.6 Å². The van der Waals surface area contributed by atoms with Crippen LogP contribution in [0.25, 0.3) is 0 Å². The highest BCUT2D eigenvalue weighted by Crippen LogP contribution is 2.02. The Bertz CT molecular complexity index is 355. The Hall–Kier alpha value is -1.62. The predicted octanol–water partition coefficient (Wildman–Crippen LogP) is 2.35. The lowest BCUT2D eigenvalue weighted by molar-refractivity contribution is 0.194. The second-order valence-corrected chi connectivity index (χ2v) is 4.10. The third-order valence-corrected chi connectivity index (χ3v) is 2.55. The van der Waals surface area contributed by atoms with E-state index in [-0.39, 0.29) is 5.82 Å². The molecule has 1 aromatic carbocycles. The maximum Gasteiger partial charge on any atom is 0.404 e. The second kappa shape index (κ2) is 8.47. The van der Waals surface area contributed by atoms with Crippen molar-refractivity contribution < 1.29 is 14.3 Å². The van der Waals surface area contributed by atoms with Crippen LogP contribution in [0.5, 0.6) is 0 Å². The summed E-state index contributed by atoms with van der Waals surface area (Å²) in [5, 5.41) is 13.9. The summed E-state index contributed by atoms with van der Waals surface area (Å²) in [7, 11) is 0. The summed E-state index contributed by atoms with van der Waals surface area (Å²) >= 11 is 0. The Kier molecular flexibility index (Phi) is 6.79. The number of nitrogens with one attached hydrogen (secondary N) is 2. The van der Waals surface area contributed by atoms with Gasteiger partial charge < -0.3 is 15.7 Å². The molecule has 1 rings (SSSR count). The van der Waals surface area contributed by atoms with Crippen molar-refractivity contribution in [3.05, 3.63) is 35.6 Å². The number of unbranched alkanes of at least 4 members (excludes halogenated alkanes) is 2. The van der Waals surface area contributed by atoms with Crippen LogP contribution >= 0.6 is 0 Å². The average Bonchev–Trinajstić information content (AvgIpc) is 2.34. The Morgan fingerprint density at radius 1 is 1.11 bits per heavy atom. The van der Waals surface area contributed by atoms with Gasteiger partial charge in [-0.25, -0.2) is 9.18 Å². The van der Waals surface area contributed by atoms with Crippen molar-refractivity contribution in [2.24, 2.45) is 0 Å². The van der Waals surface area contributed by atoms with Gasteiger partial charge in [0, 0.05) is 13.1 Å². The molecule has 0 spiro atoms. The zero-order chi connectivity index (χ0) is 13.2. The Morgan fingerprint density at radius 2 is 1.78 bits per heavy atom. The van der Waals surface area contributed by atoms with Gasteiger partial charge in [0.1, 0.15) is 5.82 Å². The minimum Gasteiger partial charge on any atom is -0.465 e. The monoisotopic (exact) mass is 254 g/mol. The van der Waals surface area contributed by atoms with Crippen LogP contribution in [0.3, 0.4) is 0 Å². The molecule has 0 unspecified atom stereocenters. The van der Waals surface area contributed by atoms with Crippen molar-refractivity contribution in [1.82, 2.24) is 10.6 Å². The molecule has 0 fully saturated rings. The molecule has 0 aliphatic heterocycles. The summed E-state index contributed by atoms with van der Waals surface area (Å²) in [6.45, 7) is 2.12. The number of hydrogen-bond donors (Lipinski definition) is 3. The molecule has 18 heavy (non-hydrogen) atoms. The zero-order valence-corrected chi connectivity index (χ0v) is 10.3. The van der Waals surface area contributed by atoms with Gasteiger partial charge in [0.2, 0.25) is 0 Å². The predicted molar refractivity (Wildman–Crippen MR) is 68.0 cm³/mol. The molecule has 100 valence electrons. The molecular formula is C13H19FN2O2. The van der Waals surface area contributed by atoms with Gasteiger partial charge in [0.25, 0.3) is 0 Å². The van der Waals surface area contributed by atoms with Crippen LogP contribution < -0.4 is 10.6 Å². The first-order chi connectivity index (χ1) is 8.68. The van der Waals surface area contributed by atoms with Gasteiger partial charge in [-0.05, 0) is 37.1 Å². The fourth-order valence-corrected chi connectivity index (χ4v) is 1.58. The molecule has 0 aliphatic carbocycles. The van der Waals surface area contributed by atoms with Gasteiger partial charge >= 0.3 is 6.09 Å². The van der Waals surface area contributed by atoms with Gasteiger partial charge in [-0.15, -0.1) is 0 Å². The van der Waals surface area contributed by atoms with E-state index >= 15 is 0 Å². The van der Waals surface area contributed by atoms with E-state index in [0.29, 0.717) is 6.54 Å². The summed E-state index contributed by atoms with van der Waals surface area (Å²) < 4.78 is 12.6. The van der Waals surface area contributed by atoms with Gasteiger partial charge in [-0.2, -0.15) is 0 Å². The van der Waals surface area contributed by atoms with Crippen LogP contribution in [0.1, 0.15) is 24.8 Å². The number of carbonyl (C=O) groups is 1. The lowest BCUT2D eigenvalue weighted by atomic mass is 10.2. The van der Waals surface area contributed by atoms with Gasteiger partial charge in [-0.3, -0.25) is 0 Å². The van der Waals surface area contributed by atoms with E-state index < -0.39 is 6.09 Å². The standard InChI is InChI=1S/C13H19FN2O2/c14-12-6-4-11(5-7-12)10-15-8-2-1-3-9-16-13(17)18/h4-7,15-16H,1-3,8-10H2,(H,17,18). The SMILES string of the molecule is O=C(O)NCCCCCNCc1ccc(F)cc1. The largest absolute Gasteiger partial charge is 0.465 e. The Morgan fingerprint density at radius 3 is 2.44 bits per heavy atom. The first-order valence-electron chi connectivity index (χ1n) is 6.10. The number of amides is 1. The zero-order valence-electron chi connectivity index (χ0n) is 10.3. The first-order valence-corrected chi connectivity index (χ1v) is 6.10. The van der Waals surface area contributed by atoms with Crippen LogP contribution in [0.15, 0.2) is 24.3 Å². The fraction of sp³-hybridized carbons (Fsp3) is 0.462. The molecule has 0 radical (unpaired) electrons. The molecule has 0 bridgehead atoms. The Labute approximate surface area is 106 Å². The van der Waals surface area contributed by atoms with E-state index in [2.05, 4.69) is 10.6 Å². The molecule has 0 atom stereocenters. The molecule has 0 aliphatic rings. The molecule has 1 aromatic rings. The van der Waals surface area contributed by atoms with Gasteiger partial charge in [0.05, 0.1) is 0 Å². The highest BCUT2D eigenvalue weighted by molar-refractivity contribution is 5.64. The number of halogens is 1. The van der Waals surface area contributed by atoms with Crippen molar-refractivity contribution in [2.75, 3.05) is 13.1 Å². The number of carboxylic acid groups (broad SMARTS) is 1. The normalized spacial score (nSPS) is 10.3. The van der Waals surface area contributed by atoms with Crippen LogP contribution in [0, 0.1) is 5.82 Å². The van der Waals surface area contributed by atoms with E-state index in [1.54, 1.807) is 12.1 Å². The Balaban J connectivity index is 1.95. The third-order valence-electron chi connectivity index (χ3n) is 2.55. The first kappa shape index (κ1) is 14.4. The van der Waals surface area contributed by atoms with Crippen LogP contribution in [0.4, 0.5) is 9.18 Å². The molecule has 0 saturated heterocycles. The molecule has 1 amide bonds. The summed E-state index contributed by atoms with van der Waals surface area (Å²) in [6.07, 6.45) is 1.87. The van der Waals surface area contributed by atoms with Crippen molar-refractivity contribution in [3.8, 4) is 0 Å². The highest BCUT2D eigenvalue weighted by Gasteiger charge is 1.95. The lowest BCUT2D eigenvalue weighted by Crippen LogP contribution is -2.22. The third kappa shape index (κ3) is 6.85. The lowest BCUT2D eigenvalue weighted by Gasteiger charge is -2.05. The van der Waals surface area contributed by atoms with Crippen molar-refractivity contribution in [3.63, 3.8) is 0 Å². The molecule has 3 N–H and O–H groups in total. The van der Waals surface area contributed by atoms with E-state index in [1.807, 2.05) is 0 Å². The quantitative estimate of drug-likeness (QED) is 0.624. The molecule has 5 heteroatoms. The topological polar surface area (TPSA) is 61.4 Å². The summed E-state index contributed by atoms with van der Waals surface area (Å²) in [5.74, 6) is -0.218. The van der Waals surface area contributed by atoms with E-state index in [9.17, 15) is 9.18 Å². The van der Waals surface area contributed by atoms with E-state index in [4.69, 9.17) is 5.11 Å². The molecule has 0 saturated carbocycles. The summed E-state index contributed by atoms with van der Waals surface area (Å²) in [5.41, 5.74) is 1.06. The minimum absolute atomic E-state index is 0.218. The van der Waals surface area contributed by atoms with Crippen molar-refractivity contribution in [1.29, 1.82) is 0 Å². The number of rotatable bonds is 8. The maximum atomic E-state index is 12.6. The van der Waals surface area contributed by atoms with Gasteiger partial charge in [0.15, 0.2) is 0 Å². The molecular weight excluding hydrogens is 235 g/mol. The summed E-state index contributed by atoms with van der Waals surface area (Å²) in [4.78, 5) is 10.2. The van der Waals surface area contributed by atoms with E-state index in [0.717, 1.165) is 37.9 Å². The minimum atomic E-state index is -0.968. The molecule has 0 aromatic heterocycles. The van der Waals surface area contributed by atoms with Crippen LogP contribution in [0.2, 0.25) is 0 Å². The smallest absolute Gasteiger partial charge is 0.404 e. The molecule has 4 nitrogen and oxygen atoms in total. The molecule has 0 heterocycles. The highest BCUT2D eigenvalue weighted by atomic mass is 19.1. The van der Waals surface area contributed by atoms with Crippen molar-refractivity contribution >= 4 is 6.09 Å². The van der Waals surface area contributed by atoms with Crippen molar-refractivity contribution in [2.45, 2.75) is 25.8 Å². The van der Waals surface area contributed by atoms with Crippen LogP contribution in [-0.2, 0) is 6.54 Å².